The molecular formula is C26H25N3O6. The molecule has 0 bridgehead atoms. The molecule has 0 fully saturated rings. The Balaban J connectivity index is 1.34. The lowest BCUT2D eigenvalue weighted by molar-refractivity contribution is -0.123. The summed E-state index contributed by atoms with van der Waals surface area (Å²) in [6.07, 6.45) is -0.0268. The molecule has 1 heterocycles. The molecule has 2 N–H and O–H groups in total. The molecule has 0 saturated heterocycles. The monoisotopic (exact) mass is 475 g/mol. The number of carbonyl (C=O) groups excluding carboxylic acids is 2. The summed E-state index contributed by atoms with van der Waals surface area (Å²) in [5, 5.41) is 8.66. The van der Waals surface area contributed by atoms with Gasteiger partial charge in [0.2, 0.25) is 5.91 Å². The zero-order chi connectivity index (χ0) is 24.8. The van der Waals surface area contributed by atoms with E-state index < -0.39 is 5.91 Å². The van der Waals surface area contributed by atoms with Gasteiger partial charge < -0.3 is 23.9 Å². The van der Waals surface area contributed by atoms with Gasteiger partial charge in [-0.3, -0.25) is 9.59 Å². The van der Waals surface area contributed by atoms with Gasteiger partial charge in [0.15, 0.2) is 6.61 Å². The summed E-state index contributed by atoms with van der Waals surface area (Å²) >= 11 is 0. The number of ether oxygens (including phenoxy) is 3. The van der Waals surface area contributed by atoms with E-state index >= 15 is 0 Å². The number of hydrogen-bond acceptors (Lipinski definition) is 7. The summed E-state index contributed by atoms with van der Waals surface area (Å²) in [6.45, 7) is 1.42. The van der Waals surface area contributed by atoms with Crippen LogP contribution in [-0.2, 0) is 9.59 Å². The van der Waals surface area contributed by atoms with E-state index in [1.54, 1.807) is 44.4 Å². The minimum atomic E-state index is -0.447. The van der Waals surface area contributed by atoms with Gasteiger partial charge in [0.1, 0.15) is 28.4 Å². The molecule has 0 radical (unpaired) electrons. The topological polar surface area (TPSA) is 111 Å². The Kier molecular flexibility index (Phi) is 7.15. The number of rotatable bonds is 9. The molecule has 9 nitrogen and oxygen atoms in total. The van der Waals surface area contributed by atoms with Crippen molar-refractivity contribution in [3.8, 4) is 17.2 Å². The van der Waals surface area contributed by atoms with Gasteiger partial charge in [-0.2, -0.15) is 5.10 Å². The second-order valence-electron chi connectivity index (χ2n) is 7.72. The predicted molar refractivity (Wildman–Crippen MR) is 133 cm³/mol. The second-order valence-corrected chi connectivity index (χ2v) is 7.72. The number of amides is 2. The van der Waals surface area contributed by atoms with Crippen molar-refractivity contribution in [2.24, 2.45) is 5.10 Å². The lowest BCUT2D eigenvalue weighted by Crippen LogP contribution is -2.26. The Labute approximate surface area is 201 Å². The molecule has 180 valence electrons. The second kappa shape index (κ2) is 10.6. The summed E-state index contributed by atoms with van der Waals surface area (Å²) in [7, 11) is 3.11. The molecule has 0 atom stereocenters. The van der Waals surface area contributed by atoms with Crippen molar-refractivity contribution in [3.63, 3.8) is 0 Å². The van der Waals surface area contributed by atoms with Crippen molar-refractivity contribution in [3.05, 3.63) is 60.7 Å². The molecule has 35 heavy (non-hydrogen) atoms. The highest BCUT2D eigenvalue weighted by molar-refractivity contribution is 6.10. The predicted octanol–water partition coefficient (Wildman–Crippen LogP) is 4.50. The van der Waals surface area contributed by atoms with Gasteiger partial charge in [-0.15, -0.1) is 0 Å². The lowest BCUT2D eigenvalue weighted by Gasteiger charge is -2.10. The fourth-order valence-electron chi connectivity index (χ4n) is 3.50. The van der Waals surface area contributed by atoms with E-state index in [0.717, 1.165) is 16.4 Å². The van der Waals surface area contributed by atoms with Crippen molar-refractivity contribution in [2.45, 2.75) is 13.3 Å². The Morgan fingerprint density at radius 3 is 2.37 bits per heavy atom. The van der Waals surface area contributed by atoms with Crippen LogP contribution in [0.5, 0.6) is 17.2 Å². The van der Waals surface area contributed by atoms with Crippen molar-refractivity contribution < 1.29 is 28.2 Å². The van der Waals surface area contributed by atoms with E-state index in [1.807, 2.05) is 30.3 Å². The largest absolute Gasteiger partial charge is 0.497 e. The van der Waals surface area contributed by atoms with Crippen LogP contribution in [0.25, 0.3) is 21.9 Å². The molecule has 2 amide bonds. The van der Waals surface area contributed by atoms with Gasteiger partial charge in [0, 0.05) is 22.6 Å². The molecule has 3 aromatic carbocycles. The van der Waals surface area contributed by atoms with Crippen LogP contribution in [0.4, 0.5) is 5.69 Å². The molecule has 9 heteroatoms. The minimum Gasteiger partial charge on any atom is -0.497 e. The third kappa shape index (κ3) is 5.70. The van der Waals surface area contributed by atoms with Gasteiger partial charge >= 0.3 is 0 Å². The van der Waals surface area contributed by atoms with Crippen LogP contribution in [0.2, 0.25) is 0 Å². The Morgan fingerprint density at radius 2 is 1.63 bits per heavy atom. The zero-order valence-corrected chi connectivity index (χ0v) is 19.6. The molecule has 4 rings (SSSR count). The first-order chi connectivity index (χ1) is 17.0. The first-order valence-electron chi connectivity index (χ1n) is 10.8. The third-order valence-electron chi connectivity index (χ3n) is 5.19. The average Bonchev–Trinajstić information content (AvgIpc) is 3.23. The third-order valence-corrected chi connectivity index (χ3v) is 5.19. The number of hydrazone groups is 1. The van der Waals surface area contributed by atoms with E-state index in [-0.39, 0.29) is 18.9 Å². The Morgan fingerprint density at radius 1 is 0.886 bits per heavy atom. The first-order valence-corrected chi connectivity index (χ1v) is 10.8. The average molecular weight is 476 g/mol. The smallest absolute Gasteiger partial charge is 0.277 e. The Bertz CT molecular complexity index is 1390. The number of benzene rings is 3. The number of para-hydroxylation sites is 1. The molecule has 0 spiro atoms. The summed E-state index contributed by atoms with van der Waals surface area (Å²) < 4.78 is 21.8. The fourth-order valence-corrected chi connectivity index (χ4v) is 3.50. The van der Waals surface area contributed by atoms with Crippen LogP contribution >= 0.6 is 0 Å². The van der Waals surface area contributed by atoms with E-state index in [2.05, 4.69) is 15.8 Å². The van der Waals surface area contributed by atoms with E-state index in [1.165, 1.54) is 7.11 Å². The van der Waals surface area contributed by atoms with Gasteiger partial charge in [0.05, 0.1) is 26.3 Å². The van der Waals surface area contributed by atoms with Gasteiger partial charge in [-0.1, -0.05) is 18.2 Å². The molecule has 0 unspecified atom stereocenters. The van der Waals surface area contributed by atoms with E-state index in [4.69, 9.17) is 18.6 Å². The SMILES string of the molecule is COc1ccc(OCC(=O)N/N=C(\C)CC(=O)Nc2cc3oc4ccccc4c3cc2OC)cc1. The van der Waals surface area contributed by atoms with Crippen LogP contribution in [0.15, 0.2) is 70.2 Å². The summed E-state index contributed by atoms with van der Waals surface area (Å²) in [4.78, 5) is 24.6. The highest BCUT2D eigenvalue weighted by Gasteiger charge is 2.14. The van der Waals surface area contributed by atoms with Gasteiger partial charge in [0.25, 0.3) is 5.91 Å². The first kappa shape index (κ1) is 23.6. The number of nitrogens with one attached hydrogen (secondary N) is 2. The molecule has 0 saturated carbocycles. The van der Waals surface area contributed by atoms with Gasteiger partial charge in [-0.05, 0) is 43.3 Å². The molecule has 0 aliphatic carbocycles. The lowest BCUT2D eigenvalue weighted by atomic mass is 10.1. The fraction of sp³-hybridized carbons (Fsp3) is 0.192. The maximum Gasteiger partial charge on any atom is 0.277 e. The molecule has 1 aromatic heterocycles. The maximum atomic E-state index is 12.6. The quantitative estimate of drug-likeness (QED) is 0.272. The number of hydrogen-bond donors (Lipinski definition) is 2. The van der Waals surface area contributed by atoms with Crippen LogP contribution < -0.4 is 25.0 Å². The van der Waals surface area contributed by atoms with Crippen molar-refractivity contribution >= 4 is 45.2 Å². The van der Waals surface area contributed by atoms with Crippen LogP contribution in [0, 0.1) is 0 Å². The van der Waals surface area contributed by atoms with E-state index in [9.17, 15) is 9.59 Å². The van der Waals surface area contributed by atoms with Gasteiger partial charge in [-0.25, -0.2) is 5.43 Å². The summed E-state index contributed by atoms with van der Waals surface area (Å²) in [6, 6.07) is 18.1. The van der Waals surface area contributed by atoms with Crippen molar-refractivity contribution in [1.82, 2.24) is 5.43 Å². The number of fused-ring (bicyclic) bond motifs is 3. The van der Waals surface area contributed by atoms with Crippen molar-refractivity contribution in [2.75, 3.05) is 26.1 Å². The normalized spacial score (nSPS) is 11.3. The molecule has 0 aliphatic heterocycles. The highest BCUT2D eigenvalue weighted by atomic mass is 16.5. The van der Waals surface area contributed by atoms with Crippen LogP contribution in [0.3, 0.4) is 0 Å². The van der Waals surface area contributed by atoms with Crippen LogP contribution in [-0.4, -0.2) is 38.4 Å². The number of nitrogens with zero attached hydrogens (tertiary/aromatic N) is 1. The molecular weight excluding hydrogens is 450 g/mol. The Hall–Kier alpha value is -4.53. The summed E-state index contributed by atoms with van der Waals surface area (Å²) in [5.41, 5.74) is 4.67. The maximum absolute atomic E-state index is 12.6. The van der Waals surface area contributed by atoms with Crippen molar-refractivity contribution in [1.29, 1.82) is 0 Å². The summed E-state index contributed by atoms with van der Waals surface area (Å²) in [5.74, 6) is 0.962. The standard InChI is InChI=1S/C26H25N3O6/c1-16(28-29-26(31)15-34-18-10-8-17(32-2)9-11-18)12-25(30)27-21-14-23-20(13-24(21)33-3)19-6-4-5-7-22(19)35-23/h4-11,13-14H,12,15H2,1-3H3,(H,27,30)(H,29,31)/b28-16+. The number of methoxy groups -OCH3 is 2. The molecule has 0 aliphatic rings. The number of furan rings is 1. The molecule has 4 aromatic rings. The zero-order valence-electron chi connectivity index (χ0n) is 19.6. The number of carbonyl (C=O) groups is 2. The minimum absolute atomic E-state index is 0.0268. The van der Waals surface area contributed by atoms with E-state index in [0.29, 0.717) is 34.2 Å². The number of anilines is 1. The van der Waals surface area contributed by atoms with Crippen LogP contribution in [0.1, 0.15) is 13.3 Å². The highest BCUT2D eigenvalue weighted by Crippen LogP contribution is 2.36.